The van der Waals surface area contributed by atoms with E-state index in [-0.39, 0.29) is 35.9 Å². The number of hydrogen-bond donors (Lipinski definition) is 1. The van der Waals surface area contributed by atoms with Crippen molar-refractivity contribution in [2.45, 2.75) is 32.9 Å². The van der Waals surface area contributed by atoms with Crippen LogP contribution in [0.3, 0.4) is 0 Å². The van der Waals surface area contributed by atoms with Gasteiger partial charge in [-0.05, 0) is 43.7 Å². The van der Waals surface area contributed by atoms with Crippen molar-refractivity contribution < 1.29 is 14.4 Å². The van der Waals surface area contributed by atoms with Crippen LogP contribution in [0.4, 0.5) is 0 Å². The number of hydrogen-bond acceptors (Lipinski definition) is 6. The summed E-state index contributed by atoms with van der Waals surface area (Å²) in [6.07, 6.45) is 4.09. The second kappa shape index (κ2) is 8.16. The molecular weight excluding hydrogens is 400 g/mol. The smallest absolute Gasteiger partial charge is 0.261 e. The Morgan fingerprint density at radius 1 is 1.13 bits per heavy atom. The van der Waals surface area contributed by atoms with Crippen LogP contribution in [0, 0.1) is 0 Å². The zero-order valence-electron chi connectivity index (χ0n) is 16.6. The minimum Gasteiger partial charge on any atom is -0.346 e. The van der Waals surface area contributed by atoms with E-state index in [9.17, 15) is 14.4 Å². The zero-order valence-corrected chi connectivity index (χ0v) is 17.4. The fourth-order valence-electron chi connectivity index (χ4n) is 3.27. The summed E-state index contributed by atoms with van der Waals surface area (Å²) in [6, 6.07) is 8.20. The number of thiazole rings is 1. The summed E-state index contributed by atoms with van der Waals surface area (Å²) in [5.41, 5.74) is 2.68. The Morgan fingerprint density at radius 2 is 1.87 bits per heavy atom. The molecular formula is C22H20N4O3S. The van der Waals surface area contributed by atoms with Crippen LogP contribution >= 0.6 is 11.3 Å². The average molecular weight is 420 g/mol. The second-order valence-electron chi connectivity index (χ2n) is 7.06. The van der Waals surface area contributed by atoms with Gasteiger partial charge in [0, 0.05) is 34.9 Å². The summed E-state index contributed by atoms with van der Waals surface area (Å²) < 4.78 is 0. The number of carbonyl (C=O) groups is 3. The molecule has 4 rings (SSSR count). The topological polar surface area (TPSA) is 92.3 Å². The molecule has 8 heteroatoms. The van der Waals surface area contributed by atoms with Crippen molar-refractivity contribution in [2.24, 2.45) is 0 Å². The molecule has 0 saturated heterocycles. The molecule has 7 nitrogen and oxygen atoms in total. The number of carbonyl (C=O) groups excluding carboxylic acids is 3. The highest BCUT2D eigenvalue weighted by molar-refractivity contribution is 7.13. The van der Waals surface area contributed by atoms with Crippen LogP contribution in [-0.4, -0.2) is 38.6 Å². The van der Waals surface area contributed by atoms with E-state index in [4.69, 9.17) is 0 Å². The molecule has 1 aliphatic heterocycles. The Balaban J connectivity index is 1.46. The molecule has 1 unspecified atom stereocenters. The summed E-state index contributed by atoms with van der Waals surface area (Å²) >= 11 is 1.49. The molecule has 3 heterocycles. The van der Waals surface area contributed by atoms with E-state index in [2.05, 4.69) is 15.3 Å². The molecule has 2 aromatic heterocycles. The van der Waals surface area contributed by atoms with E-state index < -0.39 is 0 Å². The fraction of sp³-hybridized carbons (Fsp3) is 0.227. The number of imide groups is 1. The van der Waals surface area contributed by atoms with Gasteiger partial charge in [-0.25, -0.2) is 4.98 Å². The van der Waals surface area contributed by atoms with E-state index in [1.165, 1.54) is 22.3 Å². The van der Waals surface area contributed by atoms with E-state index >= 15 is 0 Å². The normalized spacial score (nSPS) is 14.0. The highest BCUT2D eigenvalue weighted by atomic mass is 32.1. The lowest BCUT2D eigenvalue weighted by Crippen LogP contribution is -2.37. The first kappa shape index (κ1) is 19.9. The molecule has 0 spiro atoms. The van der Waals surface area contributed by atoms with Gasteiger partial charge in [0.05, 0.1) is 23.4 Å². The zero-order chi connectivity index (χ0) is 21.3. The lowest BCUT2D eigenvalue weighted by atomic mass is 10.1. The number of benzene rings is 1. The van der Waals surface area contributed by atoms with Crippen molar-refractivity contribution >= 4 is 29.1 Å². The van der Waals surface area contributed by atoms with E-state index in [1.54, 1.807) is 24.5 Å². The standard InChI is InChI=1S/C22H20N4O3S/c1-3-13(2)26-21(28)17-5-4-15(10-18(17)22(26)29)19(27)24-11-16-12-30-20(25-16)14-6-8-23-9-7-14/h4-10,12-13H,3,11H2,1-2H3,(H,24,27). The molecule has 0 aliphatic carbocycles. The molecule has 1 aliphatic rings. The molecule has 0 fully saturated rings. The van der Waals surface area contributed by atoms with Gasteiger partial charge in [-0.2, -0.15) is 0 Å². The van der Waals surface area contributed by atoms with Crippen LogP contribution in [-0.2, 0) is 6.54 Å². The van der Waals surface area contributed by atoms with Crippen LogP contribution < -0.4 is 5.32 Å². The first-order valence-electron chi connectivity index (χ1n) is 9.64. The van der Waals surface area contributed by atoms with Crippen molar-refractivity contribution in [2.75, 3.05) is 0 Å². The molecule has 3 amide bonds. The first-order valence-corrected chi connectivity index (χ1v) is 10.5. The van der Waals surface area contributed by atoms with Crippen LogP contribution in [0.2, 0.25) is 0 Å². The molecule has 30 heavy (non-hydrogen) atoms. The van der Waals surface area contributed by atoms with Crippen LogP contribution in [0.5, 0.6) is 0 Å². The van der Waals surface area contributed by atoms with Gasteiger partial charge in [-0.1, -0.05) is 6.92 Å². The van der Waals surface area contributed by atoms with Gasteiger partial charge in [0.1, 0.15) is 5.01 Å². The SMILES string of the molecule is CCC(C)N1C(=O)c2ccc(C(=O)NCc3csc(-c4ccncc4)n3)cc2C1=O. The quantitative estimate of drug-likeness (QED) is 0.616. The Bertz CT molecular complexity index is 1130. The van der Waals surface area contributed by atoms with Gasteiger partial charge in [0.2, 0.25) is 0 Å². The van der Waals surface area contributed by atoms with Crippen LogP contribution in [0.25, 0.3) is 10.6 Å². The maximum Gasteiger partial charge on any atom is 0.261 e. The molecule has 0 bridgehead atoms. The maximum atomic E-state index is 12.7. The van der Waals surface area contributed by atoms with Crippen molar-refractivity contribution in [3.05, 3.63) is 70.5 Å². The third-order valence-electron chi connectivity index (χ3n) is 5.12. The Labute approximate surface area is 177 Å². The summed E-state index contributed by atoms with van der Waals surface area (Å²) in [7, 11) is 0. The summed E-state index contributed by atoms with van der Waals surface area (Å²) in [5.74, 6) is -0.971. The Hall–Kier alpha value is -3.39. The molecule has 0 radical (unpaired) electrons. The maximum absolute atomic E-state index is 12.7. The van der Waals surface area contributed by atoms with Crippen LogP contribution in [0.1, 0.15) is 57.0 Å². The van der Waals surface area contributed by atoms with Gasteiger partial charge in [0.15, 0.2) is 0 Å². The average Bonchev–Trinajstić information content (AvgIpc) is 3.35. The monoisotopic (exact) mass is 420 g/mol. The highest BCUT2D eigenvalue weighted by Crippen LogP contribution is 2.27. The second-order valence-corrected chi connectivity index (χ2v) is 7.92. The lowest BCUT2D eigenvalue weighted by Gasteiger charge is -2.20. The van der Waals surface area contributed by atoms with Crippen LogP contribution in [0.15, 0.2) is 48.1 Å². The number of rotatable bonds is 6. The molecule has 3 aromatic rings. The lowest BCUT2D eigenvalue weighted by molar-refractivity contribution is 0.0593. The molecule has 1 aromatic carbocycles. The predicted octanol–water partition coefficient (Wildman–Crippen LogP) is 3.53. The number of fused-ring (bicyclic) bond motifs is 1. The Morgan fingerprint density at radius 3 is 2.60 bits per heavy atom. The van der Waals surface area contributed by atoms with Crippen molar-refractivity contribution in [3.8, 4) is 10.6 Å². The van der Waals surface area contributed by atoms with Crippen molar-refractivity contribution in [3.63, 3.8) is 0 Å². The minimum atomic E-state index is -0.347. The Kier molecular flexibility index (Phi) is 5.41. The highest BCUT2D eigenvalue weighted by Gasteiger charge is 2.38. The predicted molar refractivity (Wildman–Crippen MR) is 113 cm³/mol. The van der Waals surface area contributed by atoms with E-state index in [1.807, 2.05) is 31.4 Å². The largest absolute Gasteiger partial charge is 0.346 e. The van der Waals surface area contributed by atoms with Gasteiger partial charge in [-0.3, -0.25) is 24.3 Å². The number of amides is 3. The van der Waals surface area contributed by atoms with Gasteiger partial charge < -0.3 is 5.32 Å². The first-order chi connectivity index (χ1) is 14.5. The summed E-state index contributed by atoms with van der Waals surface area (Å²) in [4.78, 5) is 47.6. The molecule has 152 valence electrons. The molecule has 0 saturated carbocycles. The van der Waals surface area contributed by atoms with Crippen molar-refractivity contribution in [1.82, 2.24) is 20.2 Å². The van der Waals surface area contributed by atoms with Gasteiger partial charge in [0.25, 0.3) is 17.7 Å². The fourth-order valence-corrected chi connectivity index (χ4v) is 4.10. The number of nitrogens with one attached hydrogen (secondary N) is 1. The molecule has 1 atom stereocenters. The van der Waals surface area contributed by atoms with E-state index in [0.717, 1.165) is 16.3 Å². The number of nitrogens with zero attached hydrogens (tertiary/aromatic N) is 3. The van der Waals surface area contributed by atoms with E-state index in [0.29, 0.717) is 17.5 Å². The number of pyridine rings is 1. The third-order valence-corrected chi connectivity index (χ3v) is 6.06. The number of aromatic nitrogens is 2. The van der Waals surface area contributed by atoms with Gasteiger partial charge in [-0.15, -0.1) is 11.3 Å². The minimum absolute atomic E-state index is 0.186. The summed E-state index contributed by atoms with van der Waals surface area (Å²) in [6.45, 7) is 4.03. The van der Waals surface area contributed by atoms with Crippen molar-refractivity contribution in [1.29, 1.82) is 0 Å². The van der Waals surface area contributed by atoms with Gasteiger partial charge >= 0.3 is 0 Å². The summed E-state index contributed by atoms with van der Waals surface area (Å²) in [5, 5.41) is 5.57. The third kappa shape index (κ3) is 3.61. The molecule has 1 N–H and O–H groups in total.